The van der Waals surface area contributed by atoms with E-state index in [1.54, 1.807) is 0 Å². The summed E-state index contributed by atoms with van der Waals surface area (Å²) in [7, 11) is 1.37. The molecule has 0 bridgehead atoms. The van der Waals surface area contributed by atoms with Gasteiger partial charge in [0.05, 0.1) is 7.11 Å². The van der Waals surface area contributed by atoms with E-state index in [4.69, 9.17) is 0 Å². The van der Waals surface area contributed by atoms with Crippen LogP contribution in [0.3, 0.4) is 0 Å². The Bertz CT molecular complexity index is 345. The lowest BCUT2D eigenvalue weighted by molar-refractivity contribution is -0.132. The van der Waals surface area contributed by atoms with Crippen molar-refractivity contribution in [2.75, 3.05) is 52.9 Å². The Kier molecular flexibility index (Phi) is 5.60. The molecule has 20 heavy (non-hydrogen) atoms. The molecule has 0 aliphatic carbocycles. The minimum atomic E-state index is -0.381. The number of carbonyl (C=O) groups is 2. The summed E-state index contributed by atoms with van der Waals surface area (Å²) in [5.41, 5.74) is 0. The van der Waals surface area contributed by atoms with Gasteiger partial charge in [-0.25, -0.2) is 4.79 Å². The predicted octanol–water partition coefficient (Wildman–Crippen LogP) is -0.761. The number of carbonyl (C=O) groups excluding carboxylic acids is 2. The van der Waals surface area contributed by atoms with Crippen molar-refractivity contribution < 1.29 is 14.3 Å². The van der Waals surface area contributed by atoms with Gasteiger partial charge in [-0.05, 0) is 6.42 Å². The van der Waals surface area contributed by atoms with E-state index in [9.17, 15) is 9.59 Å². The van der Waals surface area contributed by atoms with Crippen LogP contribution in [0.2, 0.25) is 0 Å². The smallest absolute Gasteiger partial charge is 0.407 e. The molecule has 114 valence electrons. The molecular weight excluding hydrogens is 260 g/mol. The van der Waals surface area contributed by atoms with Crippen LogP contribution in [0.4, 0.5) is 4.79 Å². The molecule has 2 fully saturated rings. The zero-order chi connectivity index (χ0) is 14.4. The Labute approximate surface area is 119 Å². The number of hydrogen-bond donors (Lipinski definition) is 2. The fraction of sp³-hybridized carbons (Fsp3) is 0.846. The summed E-state index contributed by atoms with van der Waals surface area (Å²) in [4.78, 5) is 27.3. The Balaban J connectivity index is 1.65. The number of methoxy groups -OCH3 is 1. The second-order valence-corrected chi connectivity index (χ2v) is 5.30. The van der Waals surface area contributed by atoms with E-state index >= 15 is 0 Å². The SMILES string of the molecule is COC(=O)NC1CCN(CCC(=O)N2CCNCC2)C1. The lowest BCUT2D eigenvalue weighted by Gasteiger charge is -2.28. The molecule has 0 aromatic carbocycles. The van der Waals surface area contributed by atoms with Gasteiger partial charge in [-0.15, -0.1) is 0 Å². The summed E-state index contributed by atoms with van der Waals surface area (Å²) >= 11 is 0. The Morgan fingerprint density at radius 3 is 2.75 bits per heavy atom. The third-order valence-electron chi connectivity index (χ3n) is 3.89. The molecule has 0 radical (unpaired) electrons. The van der Waals surface area contributed by atoms with E-state index in [-0.39, 0.29) is 18.0 Å². The normalized spacial score (nSPS) is 23.6. The van der Waals surface area contributed by atoms with Crippen molar-refractivity contribution in [3.8, 4) is 0 Å². The van der Waals surface area contributed by atoms with E-state index in [1.807, 2.05) is 4.90 Å². The number of nitrogens with zero attached hydrogens (tertiary/aromatic N) is 2. The topological polar surface area (TPSA) is 73.9 Å². The van der Waals surface area contributed by atoms with Gasteiger partial charge in [-0.1, -0.05) is 0 Å². The molecule has 2 heterocycles. The first-order chi connectivity index (χ1) is 9.69. The van der Waals surface area contributed by atoms with Crippen molar-refractivity contribution >= 4 is 12.0 Å². The van der Waals surface area contributed by atoms with Crippen LogP contribution in [0.1, 0.15) is 12.8 Å². The number of nitrogens with one attached hydrogen (secondary N) is 2. The molecule has 1 atom stereocenters. The van der Waals surface area contributed by atoms with Gasteiger partial charge >= 0.3 is 6.09 Å². The maximum atomic E-state index is 12.0. The molecule has 2 aliphatic heterocycles. The highest BCUT2D eigenvalue weighted by Gasteiger charge is 2.25. The van der Waals surface area contributed by atoms with Gasteiger partial charge in [0.15, 0.2) is 0 Å². The highest BCUT2D eigenvalue weighted by atomic mass is 16.5. The second kappa shape index (κ2) is 7.44. The third kappa shape index (κ3) is 4.35. The molecule has 2 saturated heterocycles. The summed E-state index contributed by atoms with van der Waals surface area (Å²) < 4.78 is 4.59. The van der Waals surface area contributed by atoms with Crippen LogP contribution >= 0.6 is 0 Å². The number of piperazine rings is 1. The molecule has 0 spiro atoms. The minimum absolute atomic E-state index is 0.136. The number of rotatable bonds is 4. The highest BCUT2D eigenvalue weighted by Crippen LogP contribution is 2.10. The molecule has 2 aliphatic rings. The van der Waals surface area contributed by atoms with Crippen molar-refractivity contribution in [1.82, 2.24) is 20.4 Å². The van der Waals surface area contributed by atoms with Crippen LogP contribution in [0.25, 0.3) is 0 Å². The fourth-order valence-electron chi connectivity index (χ4n) is 2.71. The monoisotopic (exact) mass is 284 g/mol. The van der Waals surface area contributed by atoms with Crippen LogP contribution in [0, 0.1) is 0 Å². The summed E-state index contributed by atoms with van der Waals surface area (Å²) in [6, 6.07) is 0.136. The maximum absolute atomic E-state index is 12.0. The number of hydrogen-bond acceptors (Lipinski definition) is 5. The quantitative estimate of drug-likeness (QED) is 0.710. The molecule has 7 heteroatoms. The first-order valence-electron chi connectivity index (χ1n) is 7.24. The van der Waals surface area contributed by atoms with Crippen molar-refractivity contribution in [3.05, 3.63) is 0 Å². The van der Waals surface area contributed by atoms with Gasteiger partial charge in [0.25, 0.3) is 0 Å². The maximum Gasteiger partial charge on any atom is 0.407 e. The molecular formula is C13H24N4O3. The third-order valence-corrected chi connectivity index (χ3v) is 3.89. The fourth-order valence-corrected chi connectivity index (χ4v) is 2.71. The van der Waals surface area contributed by atoms with Gasteiger partial charge in [0.2, 0.25) is 5.91 Å². The average Bonchev–Trinajstić information content (AvgIpc) is 2.93. The summed E-state index contributed by atoms with van der Waals surface area (Å²) in [6.45, 7) is 5.88. The standard InChI is InChI=1S/C13H24N4O3/c1-20-13(19)15-11-2-6-16(10-11)7-3-12(18)17-8-4-14-5-9-17/h11,14H,2-10H2,1H3,(H,15,19). The molecule has 0 saturated carbocycles. The van der Waals surface area contributed by atoms with Crippen molar-refractivity contribution in [3.63, 3.8) is 0 Å². The Hall–Kier alpha value is -1.34. The molecule has 0 aromatic rings. The van der Waals surface area contributed by atoms with Gasteiger partial charge in [-0.2, -0.15) is 0 Å². The molecule has 2 N–H and O–H groups in total. The van der Waals surface area contributed by atoms with Crippen LogP contribution < -0.4 is 10.6 Å². The van der Waals surface area contributed by atoms with Gasteiger partial charge in [0, 0.05) is 58.3 Å². The number of amides is 2. The largest absolute Gasteiger partial charge is 0.453 e. The molecule has 2 amide bonds. The molecule has 2 rings (SSSR count). The zero-order valence-electron chi connectivity index (χ0n) is 12.1. The first-order valence-corrected chi connectivity index (χ1v) is 7.24. The summed E-state index contributed by atoms with van der Waals surface area (Å²) in [5.74, 6) is 0.232. The van der Waals surface area contributed by atoms with E-state index in [1.165, 1.54) is 7.11 Å². The second-order valence-electron chi connectivity index (χ2n) is 5.30. The van der Waals surface area contributed by atoms with Crippen LogP contribution in [0.5, 0.6) is 0 Å². The van der Waals surface area contributed by atoms with Crippen molar-refractivity contribution in [2.45, 2.75) is 18.9 Å². The lowest BCUT2D eigenvalue weighted by Crippen LogP contribution is -2.47. The predicted molar refractivity (Wildman–Crippen MR) is 74.5 cm³/mol. The number of alkyl carbamates (subject to hydrolysis) is 1. The van der Waals surface area contributed by atoms with E-state index in [0.717, 1.165) is 52.2 Å². The Morgan fingerprint density at radius 2 is 2.05 bits per heavy atom. The van der Waals surface area contributed by atoms with E-state index in [2.05, 4.69) is 20.3 Å². The highest BCUT2D eigenvalue weighted by molar-refractivity contribution is 5.76. The number of likely N-dealkylation sites (tertiary alicyclic amines) is 1. The van der Waals surface area contributed by atoms with Gasteiger partial charge < -0.3 is 25.2 Å². The van der Waals surface area contributed by atoms with Crippen LogP contribution in [0.15, 0.2) is 0 Å². The summed E-state index contributed by atoms with van der Waals surface area (Å²) in [5, 5.41) is 6.04. The van der Waals surface area contributed by atoms with Crippen LogP contribution in [-0.2, 0) is 9.53 Å². The minimum Gasteiger partial charge on any atom is -0.453 e. The molecule has 0 aromatic heterocycles. The molecule has 1 unspecified atom stereocenters. The van der Waals surface area contributed by atoms with Crippen molar-refractivity contribution in [2.24, 2.45) is 0 Å². The number of ether oxygens (including phenoxy) is 1. The van der Waals surface area contributed by atoms with Gasteiger partial charge in [0.1, 0.15) is 0 Å². The van der Waals surface area contributed by atoms with Crippen LogP contribution in [-0.4, -0.2) is 80.8 Å². The van der Waals surface area contributed by atoms with Gasteiger partial charge in [-0.3, -0.25) is 4.79 Å². The Morgan fingerprint density at radius 1 is 1.30 bits per heavy atom. The van der Waals surface area contributed by atoms with E-state index in [0.29, 0.717) is 6.42 Å². The molecule has 7 nitrogen and oxygen atoms in total. The van der Waals surface area contributed by atoms with E-state index < -0.39 is 0 Å². The zero-order valence-corrected chi connectivity index (χ0v) is 12.1. The summed E-state index contributed by atoms with van der Waals surface area (Å²) in [6.07, 6.45) is 1.09. The average molecular weight is 284 g/mol. The van der Waals surface area contributed by atoms with Crippen molar-refractivity contribution in [1.29, 1.82) is 0 Å². The first kappa shape index (κ1) is 15.1. The lowest BCUT2D eigenvalue weighted by atomic mass is 10.3.